The summed E-state index contributed by atoms with van der Waals surface area (Å²) in [7, 11) is -1.66. The molecule has 1 saturated heterocycles. The second-order valence-corrected chi connectivity index (χ2v) is 13.7. The highest BCUT2D eigenvalue weighted by Gasteiger charge is 2.52. The van der Waals surface area contributed by atoms with E-state index in [0.717, 1.165) is 11.9 Å². The van der Waals surface area contributed by atoms with Gasteiger partial charge in [-0.3, -0.25) is 0 Å². The molecule has 0 unspecified atom stereocenters. The second kappa shape index (κ2) is 6.26. The van der Waals surface area contributed by atoms with Gasteiger partial charge in [0.2, 0.25) is 0 Å². The highest BCUT2D eigenvalue weighted by molar-refractivity contribution is 6.76. The quantitative estimate of drug-likeness (QED) is 0.599. The Morgan fingerprint density at radius 3 is 2.00 bits per heavy atom. The summed E-state index contributed by atoms with van der Waals surface area (Å²) in [6.45, 7) is 14.9. The molecule has 0 atom stereocenters. The Labute approximate surface area is 130 Å². The van der Waals surface area contributed by atoms with Crippen molar-refractivity contribution in [2.75, 3.05) is 0 Å². The van der Waals surface area contributed by atoms with Crippen molar-refractivity contribution in [3.05, 3.63) is 11.5 Å². The van der Waals surface area contributed by atoms with E-state index in [1.54, 1.807) is 0 Å². The third-order valence-corrected chi connectivity index (χ3v) is 6.11. The Morgan fingerprint density at radius 2 is 1.62 bits per heavy atom. The van der Waals surface area contributed by atoms with Gasteiger partial charge in [0.05, 0.1) is 11.2 Å². The van der Waals surface area contributed by atoms with E-state index in [2.05, 4.69) is 19.6 Å². The van der Waals surface area contributed by atoms with Crippen LogP contribution >= 0.6 is 0 Å². The van der Waals surface area contributed by atoms with Crippen LogP contribution in [0, 0.1) is 0 Å². The number of rotatable bonds is 6. The maximum Gasteiger partial charge on any atom is 0.490 e. The minimum Gasteiger partial charge on any atom is -0.478 e. The predicted molar refractivity (Wildman–Crippen MR) is 89.2 cm³/mol. The third kappa shape index (κ3) is 5.27. The van der Waals surface area contributed by atoms with Crippen LogP contribution in [0.15, 0.2) is 11.5 Å². The molecule has 0 radical (unpaired) electrons. The van der Waals surface area contributed by atoms with Gasteiger partial charge in [-0.2, -0.15) is 0 Å². The zero-order valence-electron chi connectivity index (χ0n) is 14.4. The van der Waals surface area contributed by atoms with Crippen molar-refractivity contribution < 1.29 is 19.2 Å². The molecule has 0 aliphatic carbocycles. The molecule has 1 heterocycles. The molecule has 120 valence electrons. The normalized spacial score (nSPS) is 21.7. The lowest BCUT2D eigenvalue weighted by molar-refractivity contribution is -0.131. The standard InChI is InChI=1S/C15H29BO4Si/c1-14(2)15(3,4)20-16(19-14)12(11-13(17)18)9-8-10-21(5,6)7/h11H,8-10H2,1-7H3,(H,17,18)/b12-11+. The van der Waals surface area contributed by atoms with Crippen molar-refractivity contribution in [3.8, 4) is 0 Å². The first-order chi connectivity index (χ1) is 9.34. The Hall–Kier alpha value is -0.588. The zero-order chi connectivity index (χ0) is 16.5. The van der Waals surface area contributed by atoms with Crippen LogP contribution in [0.25, 0.3) is 0 Å². The summed E-state index contributed by atoms with van der Waals surface area (Å²) in [5.74, 6) is -0.937. The molecule has 0 saturated carbocycles. The summed E-state index contributed by atoms with van der Waals surface area (Å²) in [6, 6.07) is 1.17. The van der Waals surface area contributed by atoms with Crippen molar-refractivity contribution in [3.63, 3.8) is 0 Å². The maximum atomic E-state index is 11.1. The Morgan fingerprint density at radius 1 is 1.14 bits per heavy atom. The summed E-state index contributed by atoms with van der Waals surface area (Å²) in [4.78, 5) is 11.1. The monoisotopic (exact) mass is 312 g/mol. The zero-order valence-corrected chi connectivity index (χ0v) is 15.4. The van der Waals surface area contributed by atoms with Gasteiger partial charge < -0.3 is 14.4 Å². The minimum absolute atomic E-state index is 0.436. The van der Waals surface area contributed by atoms with Crippen LogP contribution in [0.4, 0.5) is 0 Å². The summed E-state index contributed by atoms with van der Waals surface area (Å²) >= 11 is 0. The van der Waals surface area contributed by atoms with Crippen LogP contribution < -0.4 is 0 Å². The third-order valence-electron chi connectivity index (χ3n) is 4.26. The molecule has 1 rings (SSSR count). The lowest BCUT2D eigenvalue weighted by atomic mass is 9.75. The van der Waals surface area contributed by atoms with Crippen molar-refractivity contribution in [2.24, 2.45) is 0 Å². The molecule has 1 aliphatic heterocycles. The molecule has 0 aromatic rings. The first kappa shape index (κ1) is 18.5. The number of carboxylic acids is 1. The molecule has 0 aromatic heterocycles. The first-order valence-corrected chi connectivity index (χ1v) is 11.3. The van der Waals surface area contributed by atoms with Crippen molar-refractivity contribution in [2.45, 2.75) is 77.4 Å². The molecular formula is C15H29BO4Si. The van der Waals surface area contributed by atoms with Crippen molar-refractivity contribution >= 4 is 21.2 Å². The number of carbonyl (C=O) groups is 1. The predicted octanol–water partition coefficient (Wildman–Crippen LogP) is 3.75. The topological polar surface area (TPSA) is 55.8 Å². The first-order valence-electron chi connectivity index (χ1n) is 7.63. The highest BCUT2D eigenvalue weighted by atomic mass is 28.3. The number of hydrogen-bond acceptors (Lipinski definition) is 3. The van der Waals surface area contributed by atoms with Crippen LogP contribution in [0.2, 0.25) is 25.7 Å². The fraction of sp³-hybridized carbons (Fsp3) is 0.800. The van der Waals surface area contributed by atoms with Gasteiger partial charge in [0, 0.05) is 14.1 Å². The molecule has 1 N–H and O–H groups in total. The minimum atomic E-state index is -1.12. The van der Waals surface area contributed by atoms with Gasteiger partial charge >= 0.3 is 13.1 Å². The average Bonchev–Trinajstić information content (AvgIpc) is 2.44. The lowest BCUT2D eigenvalue weighted by Gasteiger charge is -2.32. The lowest BCUT2D eigenvalue weighted by Crippen LogP contribution is -2.41. The molecule has 1 fully saturated rings. The van der Waals surface area contributed by atoms with E-state index in [4.69, 9.17) is 14.4 Å². The number of allylic oxidation sites excluding steroid dienone is 1. The van der Waals surface area contributed by atoms with Gasteiger partial charge in [-0.25, -0.2) is 4.79 Å². The van der Waals surface area contributed by atoms with Gasteiger partial charge in [0.15, 0.2) is 0 Å². The average molecular weight is 312 g/mol. The number of aliphatic carboxylic acids is 1. The highest BCUT2D eigenvalue weighted by Crippen LogP contribution is 2.39. The fourth-order valence-electron chi connectivity index (χ4n) is 2.23. The van der Waals surface area contributed by atoms with Crippen molar-refractivity contribution in [1.82, 2.24) is 0 Å². The van der Waals surface area contributed by atoms with E-state index in [1.807, 2.05) is 27.7 Å². The van der Waals surface area contributed by atoms with Gasteiger partial charge in [-0.05, 0) is 39.6 Å². The van der Waals surface area contributed by atoms with Gasteiger partial charge in [0.1, 0.15) is 0 Å². The molecular weight excluding hydrogens is 283 g/mol. The van der Waals surface area contributed by atoms with E-state index in [1.165, 1.54) is 12.1 Å². The molecule has 4 nitrogen and oxygen atoms in total. The summed E-state index contributed by atoms with van der Waals surface area (Å²) in [6.07, 6.45) is 2.96. The summed E-state index contributed by atoms with van der Waals surface area (Å²) < 4.78 is 11.9. The Balaban J connectivity index is 2.79. The Bertz CT molecular complexity index is 408. The molecule has 0 aromatic carbocycles. The van der Waals surface area contributed by atoms with Crippen LogP contribution in [-0.2, 0) is 14.1 Å². The van der Waals surface area contributed by atoms with Crippen LogP contribution in [-0.4, -0.2) is 37.5 Å². The van der Waals surface area contributed by atoms with Crippen LogP contribution in [0.3, 0.4) is 0 Å². The van der Waals surface area contributed by atoms with Crippen LogP contribution in [0.1, 0.15) is 40.5 Å². The molecule has 0 bridgehead atoms. The van der Waals surface area contributed by atoms with Gasteiger partial charge in [-0.1, -0.05) is 32.1 Å². The van der Waals surface area contributed by atoms with E-state index >= 15 is 0 Å². The number of hydrogen-bond donors (Lipinski definition) is 1. The molecule has 0 amide bonds. The van der Waals surface area contributed by atoms with Crippen LogP contribution in [0.5, 0.6) is 0 Å². The van der Waals surface area contributed by atoms with Crippen molar-refractivity contribution in [1.29, 1.82) is 0 Å². The second-order valence-electron chi connectivity index (χ2n) is 8.06. The summed E-state index contributed by atoms with van der Waals surface area (Å²) in [5, 5.41) is 9.08. The molecule has 6 heteroatoms. The molecule has 1 aliphatic rings. The van der Waals surface area contributed by atoms with E-state index < -0.39 is 32.4 Å². The van der Waals surface area contributed by atoms with Gasteiger partial charge in [-0.15, -0.1) is 0 Å². The summed E-state index contributed by atoms with van der Waals surface area (Å²) in [5.41, 5.74) is -0.137. The smallest absolute Gasteiger partial charge is 0.478 e. The number of carboxylic acid groups (broad SMARTS) is 1. The van der Waals surface area contributed by atoms with E-state index in [0.29, 0.717) is 6.42 Å². The fourth-order valence-corrected chi connectivity index (χ4v) is 3.47. The largest absolute Gasteiger partial charge is 0.490 e. The maximum absolute atomic E-state index is 11.1. The van der Waals surface area contributed by atoms with Gasteiger partial charge in [0.25, 0.3) is 0 Å². The molecule has 0 spiro atoms. The SMILES string of the molecule is CC1(C)OB(/C(=C/C(=O)O)CCC[Si](C)(C)C)OC1(C)C. The van der Waals surface area contributed by atoms with E-state index in [9.17, 15) is 4.79 Å². The Kier molecular flexibility index (Phi) is 5.51. The van der Waals surface area contributed by atoms with E-state index in [-0.39, 0.29) is 0 Å². The molecule has 21 heavy (non-hydrogen) atoms.